The SMILES string of the molecule is CCOC(=O)Cc1ccc(N2C(=O)C(=O)/C(=C(/O)c3cc(Cl)c(OC)cc3OC)C2c2ccncc2)cc1. The molecule has 3 aromatic rings. The van der Waals surface area contributed by atoms with E-state index in [-0.39, 0.29) is 40.9 Å². The number of aliphatic hydroxyl groups excluding tert-OH is 1. The molecule has 1 atom stereocenters. The molecule has 0 bridgehead atoms. The van der Waals surface area contributed by atoms with E-state index in [1.54, 1.807) is 43.3 Å². The van der Waals surface area contributed by atoms with E-state index in [2.05, 4.69) is 4.98 Å². The van der Waals surface area contributed by atoms with Crippen LogP contribution in [0.1, 0.15) is 29.7 Å². The molecule has 1 unspecified atom stereocenters. The highest BCUT2D eigenvalue weighted by Gasteiger charge is 2.47. The third-order valence-corrected chi connectivity index (χ3v) is 6.36. The van der Waals surface area contributed by atoms with Gasteiger partial charge in [0, 0.05) is 24.1 Å². The number of ether oxygens (including phenoxy) is 3. The summed E-state index contributed by atoms with van der Waals surface area (Å²) in [6.45, 7) is 2.00. The van der Waals surface area contributed by atoms with E-state index in [1.807, 2.05) is 0 Å². The summed E-state index contributed by atoms with van der Waals surface area (Å²) in [7, 11) is 2.84. The fourth-order valence-corrected chi connectivity index (χ4v) is 4.54. The fraction of sp³-hybridized carbons (Fsp3) is 0.214. The summed E-state index contributed by atoms with van der Waals surface area (Å²) in [5.41, 5.74) is 1.62. The van der Waals surface area contributed by atoms with Gasteiger partial charge >= 0.3 is 5.97 Å². The Morgan fingerprint density at radius 3 is 2.29 bits per heavy atom. The van der Waals surface area contributed by atoms with Gasteiger partial charge in [0.2, 0.25) is 0 Å². The topological polar surface area (TPSA) is 115 Å². The number of carbonyl (C=O) groups excluding carboxylic acids is 3. The number of benzene rings is 2. The molecular weight excluding hydrogens is 512 g/mol. The van der Waals surface area contributed by atoms with E-state index in [0.717, 1.165) is 0 Å². The van der Waals surface area contributed by atoms with Crippen LogP contribution in [0.5, 0.6) is 11.5 Å². The lowest BCUT2D eigenvalue weighted by Gasteiger charge is -2.25. The maximum absolute atomic E-state index is 13.4. The van der Waals surface area contributed by atoms with Crippen molar-refractivity contribution in [3.05, 3.63) is 88.2 Å². The largest absolute Gasteiger partial charge is 0.507 e. The molecule has 1 aliphatic heterocycles. The summed E-state index contributed by atoms with van der Waals surface area (Å²) in [5, 5.41) is 11.6. The van der Waals surface area contributed by atoms with Crippen molar-refractivity contribution in [2.75, 3.05) is 25.7 Å². The minimum Gasteiger partial charge on any atom is -0.507 e. The number of hydrogen-bond acceptors (Lipinski definition) is 8. The Hall–Kier alpha value is -4.37. The Balaban J connectivity index is 1.85. The van der Waals surface area contributed by atoms with Gasteiger partial charge in [-0.15, -0.1) is 0 Å². The first-order valence-electron chi connectivity index (χ1n) is 11.7. The third kappa shape index (κ3) is 5.05. The number of methoxy groups -OCH3 is 2. The van der Waals surface area contributed by atoms with Gasteiger partial charge in [0.05, 0.1) is 49.4 Å². The van der Waals surface area contributed by atoms with Gasteiger partial charge in [-0.2, -0.15) is 0 Å². The van der Waals surface area contributed by atoms with E-state index < -0.39 is 23.5 Å². The van der Waals surface area contributed by atoms with Crippen LogP contribution in [-0.2, 0) is 25.5 Å². The van der Waals surface area contributed by atoms with Crippen LogP contribution in [-0.4, -0.2) is 48.6 Å². The summed E-state index contributed by atoms with van der Waals surface area (Å²) in [6.07, 6.45) is 3.13. The zero-order chi connectivity index (χ0) is 27.4. The van der Waals surface area contributed by atoms with Gasteiger partial charge in [-0.25, -0.2) is 0 Å². The summed E-state index contributed by atoms with van der Waals surface area (Å²) in [5.74, 6) is -2.02. The van der Waals surface area contributed by atoms with Gasteiger partial charge in [-0.1, -0.05) is 23.7 Å². The standard InChI is InChI=1S/C28H25ClN2O7/c1-4-38-23(32)13-16-5-7-18(8-6-16)31-25(17-9-11-30-12-10-17)24(27(34)28(31)35)26(33)19-14-20(29)22(37-3)15-21(19)36-2/h5-12,14-15,25,33H,4,13H2,1-3H3/b26-24+. The van der Waals surface area contributed by atoms with Crippen LogP contribution in [0.2, 0.25) is 5.02 Å². The van der Waals surface area contributed by atoms with Crippen LogP contribution in [0, 0.1) is 0 Å². The number of anilines is 1. The number of amides is 1. The zero-order valence-electron chi connectivity index (χ0n) is 20.9. The summed E-state index contributed by atoms with van der Waals surface area (Å²) >= 11 is 6.31. The second-order valence-electron chi connectivity index (χ2n) is 8.28. The number of halogens is 1. The molecule has 4 rings (SSSR count). The van der Waals surface area contributed by atoms with Crippen molar-refractivity contribution in [3.8, 4) is 11.5 Å². The van der Waals surface area contributed by atoms with Gasteiger partial charge in [0.25, 0.3) is 11.7 Å². The van der Waals surface area contributed by atoms with Crippen LogP contribution >= 0.6 is 11.6 Å². The number of rotatable bonds is 8. The Kier molecular flexibility index (Phi) is 7.97. The first kappa shape index (κ1) is 26.7. The zero-order valence-corrected chi connectivity index (χ0v) is 21.7. The molecule has 0 spiro atoms. The number of nitrogens with zero attached hydrogens (tertiary/aromatic N) is 2. The highest BCUT2D eigenvalue weighted by molar-refractivity contribution is 6.51. The predicted molar refractivity (Wildman–Crippen MR) is 140 cm³/mol. The van der Waals surface area contributed by atoms with Crippen molar-refractivity contribution in [2.24, 2.45) is 0 Å². The number of esters is 1. The van der Waals surface area contributed by atoms with Crippen LogP contribution in [0.4, 0.5) is 5.69 Å². The number of carbonyl (C=O) groups is 3. The number of Topliss-reactive ketones (excluding diaryl/α,β-unsaturated/α-hetero) is 1. The quantitative estimate of drug-likeness (QED) is 0.194. The highest BCUT2D eigenvalue weighted by atomic mass is 35.5. The number of aliphatic hydroxyl groups is 1. The van der Waals surface area contributed by atoms with Gasteiger partial charge in [0.1, 0.15) is 17.3 Å². The summed E-state index contributed by atoms with van der Waals surface area (Å²) in [4.78, 5) is 44.0. The van der Waals surface area contributed by atoms with Gasteiger partial charge in [0.15, 0.2) is 0 Å². The number of ketones is 1. The van der Waals surface area contributed by atoms with Crippen molar-refractivity contribution in [3.63, 3.8) is 0 Å². The van der Waals surface area contributed by atoms with E-state index >= 15 is 0 Å². The molecule has 9 nitrogen and oxygen atoms in total. The summed E-state index contributed by atoms with van der Waals surface area (Å²) in [6, 6.07) is 11.9. The molecule has 1 amide bonds. The molecular formula is C28H25ClN2O7. The molecule has 1 N–H and O–H groups in total. The first-order chi connectivity index (χ1) is 18.3. The van der Waals surface area contributed by atoms with Gasteiger partial charge in [-0.05, 0) is 48.4 Å². The van der Waals surface area contributed by atoms with Crippen molar-refractivity contribution in [1.29, 1.82) is 0 Å². The number of aromatic nitrogens is 1. The average molecular weight is 537 g/mol. The molecule has 38 heavy (non-hydrogen) atoms. The third-order valence-electron chi connectivity index (χ3n) is 6.06. The molecule has 0 radical (unpaired) electrons. The van der Waals surface area contributed by atoms with Crippen LogP contribution in [0.3, 0.4) is 0 Å². The lowest BCUT2D eigenvalue weighted by molar-refractivity contribution is -0.142. The number of hydrogen-bond donors (Lipinski definition) is 1. The lowest BCUT2D eigenvalue weighted by atomic mass is 9.95. The maximum Gasteiger partial charge on any atom is 0.310 e. The monoisotopic (exact) mass is 536 g/mol. The Bertz CT molecular complexity index is 1400. The lowest BCUT2D eigenvalue weighted by Crippen LogP contribution is -2.29. The molecule has 0 aliphatic carbocycles. The van der Waals surface area contributed by atoms with Crippen molar-refractivity contribution in [2.45, 2.75) is 19.4 Å². The van der Waals surface area contributed by atoms with Crippen molar-refractivity contribution >= 4 is 40.7 Å². The Morgan fingerprint density at radius 1 is 1.03 bits per heavy atom. The minimum atomic E-state index is -0.973. The second kappa shape index (κ2) is 11.4. The van der Waals surface area contributed by atoms with E-state index in [4.69, 9.17) is 25.8 Å². The average Bonchev–Trinajstić information content (AvgIpc) is 3.19. The first-order valence-corrected chi connectivity index (χ1v) is 12.1. The predicted octanol–water partition coefficient (Wildman–Crippen LogP) is 4.48. The molecule has 1 saturated heterocycles. The normalized spacial score (nSPS) is 16.4. The van der Waals surface area contributed by atoms with Crippen molar-refractivity contribution < 1.29 is 33.7 Å². The van der Waals surface area contributed by atoms with E-state index in [1.165, 1.54) is 43.6 Å². The number of pyridine rings is 1. The van der Waals surface area contributed by atoms with Crippen LogP contribution in [0.15, 0.2) is 66.5 Å². The van der Waals surface area contributed by atoms with E-state index in [0.29, 0.717) is 22.6 Å². The molecule has 2 heterocycles. The fourth-order valence-electron chi connectivity index (χ4n) is 4.30. The Labute approximate surface area is 224 Å². The molecule has 196 valence electrons. The molecule has 1 aromatic heterocycles. The van der Waals surface area contributed by atoms with Gasteiger partial charge < -0.3 is 19.3 Å². The maximum atomic E-state index is 13.4. The highest BCUT2D eigenvalue weighted by Crippen LogP contribution is 2.44. The Morgan fingerprint density at radius 2 is 1.68 bits per heavy atom. The van der Waals surface area contributed by atoms with Gasteiger partial charge in [-0.3, -0.25) is 24.3 Å². The smallest absolute Gasteiger partial charge is 0.310 e. The van der Waals surface area contributed by atoms with Crippen LogP contribution in [0.25, 0.3) is 5.76 Å². The summed E-state index contributed by atoms with van der Waals surface area (Å²) < 4.78 is 15.6. The van der Waals surface area contributed by atoms with Crippen molar-refractivity contribution in [1.82, 2.24) is 4.98 Å². The molecule has 2 aromatic carbocycles. The molecule has 1 fully saturated rings. The van der Waals surface area contributed by atoms with E-state index in [9.17, 15) is 19.5 Å². The minimum absolute atomic E-state index is 0.0682. The molecule has 0 saturated carbocycles. The molecule has 1 aliphatic rings. The molecule has 10 heteroatoms. The van der Waals surface area contributed by atoms with Crippen LogP contribution < -0.4 is 14.4 Å². The second-order valence-corrected chi connectivity index (χ2v) is 8.69.